The number of rotatable bonds is 4. The number of thiazole rings is 1. The quantitative estimate of drug-likeness (QED) is 0.739. The van der Waals surface area contributed by atoms with Gasteiger partial charge in [-0.2, -0.15) is 9.78 Å². The molecule has 2 atom stereocenters. The van der Waals surface area contributed by atoms with Crippen LogP contribution >= 0.6 is 11.3 Å². The van der Waals surface area contributed by atoms with Crippen molar-refractivity contribution < 1.29 is 9.69 Å². The van der Waals surface area contributed by atoms with E-state index in [4.69, 9.17) is 0 Å². The minimum Gasteiger partial charge on any atom is -0.327 e. The number of para-hydroxylation sites is 1. The van der Waals surface area contributed by atoms with Gasteiger partial charge in [0.1, 0.15) is 5.82 Å². The topological polar surface area (TPSA) is 64.2 Å². The van der Waals surface area contributed by atoms with Gasteiger partial charge in [-0.25, -0.2) is 4.98 Å². The fourth-order valence-corrected chi connectivity index (χ4v) is 4.59. The van der Waals surface area contributed by atoms with Crippen molar-refractivity contribution in [3.63, 3.8) is 0 Å². The van der Waals surface area contributed by atoms with Gasteiger partial charge in [-0.1, -0.05) is 30.4 Å². The number of piperidine rings is 1. The molecule has 1 fully saturated rings. The summed E-state index contributed by atoms with van der Waals surface area (Å²) in [5.41, 5.74) is 1.81. The van der Waals surface area contributed by atoms with Gasteiger partial charge in [0.05, 0.1) is 29.0 Å². The number of aryl methyl sites for hydroxylation is 1. The van der Waals surface area contributed by atoms with E-state index in [0.29, 0.717) is 18.3 Å². The van der Waals surface area contributed by atoms with Crippen LogP contribution < -0.4 is 10.2 Å². The minimum atomic E-state index is 0.0383. The van der Waals surface area contributed by atoms with Crippen LogP contribution in [0.1, 0.15) is 25.5 Å². The van der Waals surface area contributed by atoms with Gasteiger partial charge in [-0.15, -0.1) is 0 Å². The first kappa shape index (κ1) is 17.2. The summed E-state index contributed by atoms with van der Waals surface area (Å²) in [6, 6.07) is 9.92. The van der Waals surface area contributed by atoms with Crippen molar-refractivity contribution in [1.29, 1.82) is 0 Å². The van der Waals surface area contributed by atoms with E-state index in [1.165, 1.54) is 17.7 Å². The molecule has 1 aliphatic rings. The summed E-state index contributed by atoms with van der Waals surface area (Å²) in [7, 11) is 0. The van der Waals surface area contributed by atoms with Gasteiger partial charge in [0.2, 0.25) is 5.13 Å². The highest BCUT2D eigenvalue weighted by atomic mass is 32.1. The number of likely N-dealkylation sites (tertiary alicyclic amines) is 1. The second-order valence-corrected chi connectivity index (χ2v) is 8.23. The van der Waals surface area contributed by atoms with Crippen molar-refractivity contribution in [2.45, 2.75) is 26.7 Å². The van der Waals surface area contributed by atoms with Crippen LogP contribution in [0.3, 0.4) is 0 Å². The first-order valence-electron chi connectivity index (χ1n) is 9.14. The standard InChI is InChI=1S/C19H23N5OS/c1-13-6-5-9-23(11-13)12-18(25)21-17-10-14(2)22-24(17)19-20-15-7-3-4-8-16(15)26-19/h3-4,7-8,10,13H,5-6,9,11-12H2,1-2H3,(H,21,25)/p+1/t13-/m1/s1. The van der Waals surface area contributed by atoms with Crippen LogP contribution in [0.2, 0.25) is 0 Å². The fourth-order valence-electron chi connectivity index (χ4n) is 3.66. The van der Waals surface area contributed by atoms with E-state index < -0.39 is 0 Å². The fraction of sp³-hybridized carbons (Fsp3) is 0.421. The molecule has 6 nitrogen and oxygen atoms in total. The van der Waals surface area contributed by atoms with Crippen molar-refractivity contribution >= 4 is 33.3 Å². The van der Waals surface area contributed by atoms with Crippen LogP contribution in [0.4, 0.5) is 5.82 Å². The number of fused-ring (bicyclic) bond motifs is 1. The lowest BCUT2D eigenvalue weighted by molar-refractivity contribution is -0.900. The molecule has 1 amide bonds. The highest BCUT2D eigenvalue weighted by Crippen LogP contribution is 2.26. The van der Waals surface area contributed by atoms with Gasteiger partial charge < -0.3 is 10.2 Å². The van der Waals surface area contributed by atoms with Crippen molar-refractivity contribution in [3.8, 4) is 5.13 Å². The van der Waals surface area contributed by atoms with Crippen molar-refractivity contribution in [2.24, 2.45) is 5.92 Å². The smallest absolute Gasteiger partial charge is 0.280 e. The summed E-state index contributed by atoms with van der Waals surface area (Å²) in [4.78, 5) is 18.6. The number of quaternary nitrogens is 1. The molecule has 1 unspecified atom stereocenters. The molecule has 136 valence electrons. The van der Waals surface area contributed by atoms with Crippen LogP contribution in [0.15, 0.2) is 30.3 Å². The molecule has 0 bridgehead atoms. The maximum Gasteiger partial charge on any atom is 0.280 e. The van der Waals surface area contributed by atoms with Crippen LogP contribution in [-0.2, 0) is 4.79 Å². The third kappa shape index (κ3) is 3.64. The normalized spacial score (nSPS) is 20.4. The molecule has 1 aliphatic heterocycles. The Morgan fingerprint density at radius 3 is 3.08 bits per heavy atom. The molecule has 26 heavy (non-hydrogen) atoms. The van der Waals surface area contributed by atoms with Crippen molar-refractivity contribution in [1.82, 2.24) is 14.8 Å². The highest BCUT2D eigenvalue weighted by Gasteiger charge is 2.23. The molecule has 0 spiro atoms. The predicted molar refractivity (Wildman–Crippen MR) is 104 cm³/mol. The zero-order valence-electron chi connectivity index (χ0n) is 15.2. The Hall–Kier alpha value is -2.25. The maximum absolute atomic E-state index is 12.6. The lowest BCUT2D eigenvalue weighted by Gasteiger charge is -2.27. The molecule has 1 saturated heterocycles. The zero-order chi connectivity index (χ0) is 18.1. The molecule has 7 heteroatoms. The Balaban J connectivity index is 1.53. The molecule has 4 rings (SSSR count). The van der Waals surface area contributed by atoms with E-state index in [-0.39, 0.29) is 5.91 Å². The number of carbonyl (C=O) groups excluding carboxylic acids is 1. The van der Waals surface area contributed by atoms with Gasteiger partial charge in [-0.05, 0) is 31.9 Å². The van der Waals surface area contributed by atoms with Crippen LogP contribution in [0.25, 0.3) is 15.3 Å². The van der Waals surface area contributed by atoms with E-state index in [1.807, 2.05) is 37.3 Å². The summed E-state index contributed by atoms with van der Waals surface area (Å²) < 4.78 is 2.85. The van der Waals surface area contributed by atoms with Gasteiger partial charge in [0, 0.05) is 12.0 Å². The Bertz CT molecular complexity index is 898. The summed E-state index contributed by atoms with van der Waals surface area (Å²) in [6.07, 6.45) is 2.47. The second-order valence-electron chi connectivity index (χ2n) is 7.22. The van der Waals surface area contributed by atoms with E-state index in [9.17, 15) is 4.79 Å². The summed E-state index contributed by atoms with van der Waals surface area (Å²) in [6.45, 7) is 6.85. The number of nitrogens with one attached hydrogen (secondary N) is 2. The molecule has 2 aromatic heterocycles. The SMILES string of the molecule is Cc1cc(NC(=O)C[NH+]2CCC[C@@H](C)C2)n(-c2nc3ccccc3s2)n1. The monoisotopic (exact) mass is 370 g/mol. The number of benzene rings is 1. The van der Waals surface area contributed by atoms with Gasteiger partial charge in [0.15, 0.2) is 6.54 Å². The summed E-state index contributed by atoms with van der Waals surface area (Å²) in [5, 5.41) is 8.35. The average molecular weight is 371 g/mol. The van der Waals surface area contributed by atoms with E-state index in [0.717, 1.165) is 34.1 Å². The van der Waals surface area contributed by atoms with Crippen molar-refractivity contribution in [3.05, 3.63) is 36.0 Å². The van der Waals surface area contributed by atoms with Gasteiger partial charge in [-0.3, -0.25) is 4.79 Å². The second kappa shape index (κ2) is 7.17. The van der Waals surface area contributed by atoms with Gasteiger partial charge in [0.25, 0.3) is 5.91 Å². The minimum absolute atomic E-state index is 0.0383. The molecule has 0 aliphatic carbocycles. The molecule has 0 saturated carbocycles. The number of anilines is 1. The number of amides is 1. The first-order valence-corrected chi connectivity index (χ1v) is 9.96. The number of hydrogen-bond donors (Lipinski definition) is 2. The molecular formula is C19H24N5OS+. The van der Waals surface area contributed by atoms with Crippen LogP contribution in [0, 0.1) is 12.8 Å². The van der Waals surface area contributed by atoms with Crippen molar-refractivity contribution in [2.75, 3.05) is 25.0 Å². The van der Waals surface area contributed by atoms with E-state index >= 15 is 0 Å². The Morgan fingerprint density at radius 1 is 1.42 bits per heavy atom. The third-order valence-electron chi connectivity index (χ3n) is 4.84. The zero-order valence-corrected chi connectivity index (χ0v) is 16.0. The molecule has 2 N–H and O–H groups in total. The van der Waals surface area contributed by atoms with E-state index in [1.54, 1.807) is 16.0 Å². The van der Waals surface area contributed by atoms with Crippen LogP contribution in [-0.4, -0.2) is 40.3 Å². The van der Waals surface area contributed by atoms with Crippen LogP contribution in [0.5, 0.6) is 0 Å². The predicted octanol–water partition coefficient (Wildman–Crippen LogP) is 2.04. The maximum atomic E-state index is 12.6. The number of nitrogens with zero attached hydrogens (tertiary/aromatic N) is 3. The number of aromatic nitrogens is 3. The Kier molecular flexibility index (Phi) is 4.74. The number of hydrogen-bond acceptors (Lipinski definition) is 4. The molecule has 1 aromatic carbocycles. The largest absolute Gasteiger partial charge is 0.327 e. The average Bonchev–Trinajstić information content (AvgIpc) is 3.17. The first-order chi connectivity index (χ1) is 12.6. The van der Waals surface area contributed by atoms with Gasteiger partial charge >= 0.3 is 0 Å². The molecule has 0 radical (unpaired) electrons. The number of carbonyl (C=O) groups is 1. The molecular weight excluding hydrogens is 346 g/mol. The lowest BCUT2D eigenvalue weighted by atomic mass is 10.0. The molecule has 3 heterocycles. The molecule has 3 aromatic rings. The summed E-state index contributed by atoms with van der Waals surface area (Å²) in [5.74, 6) is 1.43. The highest BCUT2D eigenvalue weighted by molar-refractivity contribution is 7.20. The third-order valence-corrected chi connectivity index (χ3v) is 5.85. The van der Waals surface area contributed by atoms with E-state index in [2.05, 4.69) is 22.3 Å². The Labute approximate surface area is 156 Å². The lowest BCUT2D eigenvalue weighted by Crippen LogP contribution is -3.14. The summed E-state index contributed by atoms with van der Waals surface area (Å²) >= 11 is 1.57. The Morgan fingerprint density at radius 2 is 2.27 bits per heavy atom.